The standard InChI is InChI=1S/C23H29N3O5S/c1-25(2)32(28,29)18-6-7-20(26-11-3-4-12-26)19(16-18)23(27)24-10-9-17-5-8-21-22(15-17)31-14-13-30-21/h5-8,15-16H,3-4,9-14H2,1-2H3,(H,24,27). The zero-order valence-corrected chi connectivity index (χ0v) is 19.3. The molecule has 0 unspecified atom stereocenters. The van der Waals surface area contributed by atoms with Crippen LogP contribution in [0.5, 0.6) is 11.5 Å². The lowest BCUT2D eigenvalue weighted by atomic mass is 10.1. The van der Waals surface area contributed by atoms with Gasteiger partial charge in [-0.05, 0) is 55.2 Å². The van der Waals surface area contributed by atoms with Gasteiger partial charge in [-0.15, -0.1) is 0 Å². The van der Waals surface area contributed by atoms with Crippen LogP contribution in [0.25, 0.3) is 0 Å². The molecule has 2 heterocycles. The van der Waals surface area contributed by atoms with Crippen molar-refractivity contribution in [2.24, 2.45) is 0 Å². The number of carbonyl (C=O) groups excluding carboxylic acids is 1. The van der Waals surface area contributed by atoms with Crippen molar-refractivity contribution in [3.63, 3.8) is 0 Å². The first-order valence-corrected chi connectivity index (χ1v) is 12.3. The van der Waals surface area contributed by atoms with Gasteiger partial charge in [0.2, 0.25) is 10.0 Å². The largest absolute Gasteiger partial charge is 0.486 e. The van der Waals surface area contributed by atoms with Crippen LogP contribution >= 0.6 is 0 Å². The zero-order chi connectivity index (χ0) is 22.7. The highest BCUT2D eigenvalue weighted by atomic mass is 32.2. The first kappa shape index (κ1) is 22.4. The van der Waals surface area contributed by atoms with Gasteiger partial charge in [-0.1, -0.05) is 6.07 Å². The quantitative estimate of drug-likeness (QED) is 0.684. The number of hydrogen-bond donors (Lipinski definition) is 1. The predicted octanol–water partition coefficient (Wildman–Crippen LogP) is 2.28. The van der Waals surface area contributed by atoms with Crippen LogP contribution in [0.15, 0.2) is 41.3 Å². The van der Waals surface area contributed by atoms with E-state index in [0.717, 1.165) is 53.0 Å². The molecule has 4 rings (SSSR count). The lowest BCUT2D eigenvalue weighted by Gasteiger charge is -2.22. The van der Waals surface area contributed by atoms with Crippen LogP contribution in [0.2, 0.25) is 0 Å². The summed E-state index contributed by atoms with van der Waals surface area (Å²) in [6, 6.07) is 10.6. The number of amides is 1. The van der Waals surface area contributed by atoms with E-state index in [0.29, 0.717) is 31.7 Å². The molecule has 0 aliphatic carbocycles. The minimum Gasteiger partial charge on any atom is -0.486 e. The third-order valence-corrected chi connectivity index (χ3v) is 7.55. The number of ether oxygens (including phenoxy) is 2. The predicted molar refractivity (Wildman–Crippen MR) is 122 cm³/mol. The summed E-state index contributed by atoms with van der Waals surface area (Å²) in [5, 5.41) is 2.95. The fraction of sp³-hybridized carbons (Fsp3) is 0.435. The normalized spacial score (nSPS) is 15.8. The van der Waals surface area contributed by atoms with Gasteiger partial charge < -0.3 is 19.7 Å². The molecule has 0 spiro atoms. The first-order valence-electron chi connectivity index (χ1n) is 10.8. The average Bonchev–Trinajstić information content (AvgIpc) is 3.33. The molecule has 172 valence electrons. The highest BCUT2D eigenvalue weighted by Gasteiger charge is 2.24. The Balaban J connectivity index is 1.51. The van der Waals surface area contributed by atoms with Gasteiger partial charge in [-0.3, -0.25) is 4.79 Å². The molecule has 2 aromatic carbocycles. The fourth-order valence-corrected chi connectivity index (χ4v) is 4.89. The third-order valence-electron chi connectivity index (χ3n) is 5.74. The molecule has 8 nitrogen and oxygen atoms in total. The summed E-state index contributed by atoms with van der Waals surface area (Å²) in [6.07, 6.45) is 2.74. The summed E-state index contributed by atoms with van der Waals surface area (Å²) in [4.78, 5) is 15.4. The number of benzene rings is 2. The van der Waals surface area contributed by atoms with Crippen molar-refractivity contribution in [2.75, 3.05) is 51.8 Å². The van der Waals surface area contributed by atoms with E-state index in [4.69, 9.17) is 9.47 Å². The van der Waals surface area contributed by atoms with Gasteiger partial charge in [0.25, 0.3) is 5.91 Å². The van der Waals surface area contributed by atoms with E-state index < -0.39 is 10.0 Å². The Hall–Kier alpha value is -2.78. The molecule has 0 radical (unpaired) electrons. The van der Waals surface area contributed by atoms with Crippen LogP contribution in [-0.2, 0) is 16.4 Å². The summed E-state index contributed by atoms with van der Waals surface area (Å²) >= 11 is 0. The van der Waals surface area contributed by atoms with E-state index in [1.807, 2.05) is 18.2 Å². The summed E-state index contributed by atoms with van der Waals surface area (Å²) < 4.78 is 37.5. The van der Waals surface area contributed by atoms with Crippen molar-refractivity contribution in [3.05, 3.63) is 47.5 Å². The Morgan fingerprint density at radius 2 is 1.75 bits per heavy atom. The van der Waals surface area contributed by atoms with E-state index in [1.54, 1.807) is 12.1 Å². The van der Waals surface area contributed by atoms with Crippen LogP contribution in [-0.4, -0.2) is 65.6 Å². The van der Waals surface area contributed by atoms with E-state index in [-0.39, 0.29) is 10.8 Å². The Morgan fingerprint density at radius 1 is 1.03 bits per heavy atom. The number of rotatable bonds is 7. The lowest BCUT2D eigenvalue weighted by Crippen LogP contribution is -2.30. The molecular weight excluding hydrogens is 430 g/mol. The molecule has 2 aliphatic rings. The maximum atomic E-state index is 13.1. The van der Waals surface area contributed by atoms with E-state index in [9.17, 15) is 13.2 Å². The van der Waals surface area contributed by atoms with Crippen molar-refractivity contribution in [1.29, 1.82) is 0 Å². The second kappa shape index (κ2) is 9.38. The highest BCUT2D eigenvalue weighted by Crippen LogP contribution is 2.31. The van der Waals surface area contributed by atoms with Gasteiger partial charge >= 0.3 is 0 Å². The van der Waals surface area contributed by atoms with E-state index in [1.165, 1.54) is 20.2 Å². The SMILES string of the molecule is CN(C)S(=O)(=O)c1ccc(N2CCCC2)c(C(=O)NCCc2ccc3c(c2)OCCO3)c1. The van der Waals surface area contributed by atoms with Gasteiger partial charge in [-0.2, -0.15) is 0 Å². The smallest absolute Gasteiger partial charge is 0.253 e. The van der Waals surface area contributed by atoms with Crippen LogP contribution in [0.3, 0.4) is 0 Å². The fourth-order valence-electron chi connectivity index (χ4n) is 3.96. The molecular formula is C23H29N3O5S. The van der Waals surface area contributed by atoms with Crippen LogP contribution < -0.4 is 19.7 Å². The third kappa shape index (κ3) is 4.68. The molecule has 0 atom stereocenters. The lowest BCUT2D eigenvalue weighted by molar-refractivity contribution is 0.0954. The molecule has 0 bridgehead atoms. The maximum absolute atomic E-state index is 13.1. The minimum atomic E-state index is -3.64. The highest BCUT2D eigenvalue weighted by molar-refractivity contribution is 7.89. The van der Waals surface area contributed by atoms with Gasteiger partial charge in [0, 0.05) is 39.4 Å². The van der Waals surface area contributed by atoms with Crippen molar-refractivity contribution in [1.82, 2.24) is 9.62 Å². The number of nitrogens with zero attached hydrogens (tertiary/aromatic N) is 2. The molecule has 2 aromatic rings. The van der Waals surface area contributed by atoms with Gasteiger partial charge in [0.1, 0.15) is 13.2 Å². The summed E-state index contributed by atoms with van der Waals surface area (Å²) in [6.45, 7) is 3.21. The monoisotopic (exact) mass is 459 g/mol. The summed E-state index contributed by atoms with van der Waals surface area (Å²) in [5.41, 5.74) is 2.19. The van der Waals surface area contributed by atoms with Crippen LogP contribution in [0, 0.1) is 0 Å². The van der Waals surface area contributed by atoms with Crippen molar-refractivity contribution in [3.8, 4) is 11.5 Å². The Kier molecular flexibility index (Phi) is 6.57. The second-order valence-electron chi connectivity index (χ2n) is 8.14. The van der Waals surface area contributed by atoms with Gasteiger partial charge in [-0.25, -0.2) is 12.7 Å². The van der Waals surface area contributed by atoms with E-state index in [2.05, 4.69) is 10.2 Å². The Bertz CT molecular complexity index is 1090. The molecule has 1 saturated heterocycles. The molecule has 2 aliphatic heterocycles. The summed E-state index contributed by atoms with van der Waals surface area (Å²) in [5.74, 6) is 1.18. The topological polar surface area (TPSA) is 88.2 Å². The van der Waals surface area contributed by atoms with Crippen LogP contribution in [0.1, 0.15) is 28.8 Å². The minimum absolute atomic E-state index is 0.113. The Morgan fingerprint density at radius 3 is 2.47 bits per heavy atom. The van der Waals surface area contributed by atoms with Crippen molar-refractivity contribution < 1.29 is 22.7 Å². The zero-order valence-electron chi connectivity index (χ0n) is 18.5. The maximum Gasteiger partial charge on any atom is 0.253 e. The Labute approximate surface area is 189 Å². The summed E-state index contributed by atoms with van der Waals surface area (Å²) in [7, 11) is -0.671. The number of nitrogens with one attached hydrogen (secondary N) is 1. The number of fused-ring (bicyclic) bond motifs is 1. The molecule has 1 N–H and O–H groups in total. The van der Waals surface area contributed by atoms with Gasteiger partial charge in [0.05, 0.1) is 10.5 Å². The second-order valence-corrected chi connectivity index (χ2v) is 10.3. The molecule has 1 amide bonds. The van der Waals surface area contributed by atoms with Gasteiger partial charge in [0.15, 0.2) is 11.5 Å². The number of sulfonamides is 1. The molecule has 1 fully saturated rings. The number of hydrogen-bond acceptors (Lipinski definition) is 6. The van der Waals surface area contributed by atoms with Crippen LogP contribution in [0.4, 0.5) is 5.69 Å². The van der Waals surface area contributed by atoms with Crippen molar-refractivity contribution in [2.45, 2.75) is 24.2 Å². The molecule has 0 aromatic heterocycles. The number of anilines is 1. The molecule has 32 heavy (non-hydrogen) atoms. The van der Waals surface area contributed by atoms with Crippen molar-refractivity contribution >= 4 is 21.6 Å². The number of carbonyl (C=O) groups is 1. The first-order chi connectivity index (χ1) is 15.4. The van der Waals surface area contributed by atoms with E-state index >= 15 is 0 Å². The molecule has 0 saturated carbocycles. The average molecular weight is 460 g/mol. The molecule has 9 heteroatoms.